The van der Waals surface area contributed by atoms with Gasteiger partial charge in [0, 0.05) is 36.2 Å². The summed E-state index contributed by atoms with van der Waals surface area (Å²) >= 11 is 0. The summed E-state index contributed by atoms with van der Waals surface area (Å²) in [6.45, 7) is 3.71. The van der Waals surface area contributed by atoms with Crippen molar-refractivity contribution in [2.75, 3.05) is 12.8 Å². The lowest BCUT2D eigenvalue weighted by Gasteiger charge is -2.27. The largest absolute Gasteiger partial charge is 0.328 e. The number of fused-ring (bicyclic) bond motifs is 1. The SMILES string of the molecule is C[C@H]1C[C@@H]1C#CC#Cc1cc2n(c1)C(=O)N(CC[C@](C)(C(=O)NO)S(C)(=O)=O)C2. The van der Waals surface area contributed by atoms with E-state index in [1.165, 1.54) is 21.9 Å². The molecule has 1 aromatic heterocycles. The summed E-state index contributed by atoms with van der Waals surface area (Å²) in [4.78, 5) is 25.9. The van der Waals surface area contributed by atoms with Gasteiger partial charge in [-0.3, -0.25) is 14.6 Å². The molecule has 1 aliphatic heterocycles. The van der Waals surface area contributed by atoms with Crippen molar-refractivity contribution in [3.05, 3.63) is 23.5 Å². The van der Waals surface area contributed by atoms with Gasteiger partial charge in [0.2, 0.25) is 0 Å². The van der Waals surface area contributed by atoms with E-state index in [4.69, 9.17) is 5.21 Å². The summed E-state index contributed by atoms with van der Waals surface area (Å²) in [5.74, 6) is 11.8. The van der Waals surface area contributed by atoms with Crippen LogP contribution >= 0.6 is 0 Å². The van der Waals surface area contributed by atoms with E-state index in [0.717, 1.165) is 18.4 Å². The Morgan fingerprint density at radius 2 is 2.10 bits per heavy atom. The molecular weight excluding hydrogens is 394 g/mol. The van der Waals surface area contributed by atoms with Crippen LogP contribution in [0, 0.1) is 35.5 Å². The molecule has 3 rings (SSSR count). The molecule has 2 aliphatic rings. The minimum atomic E-state index is -3.81. The van der Waals surface area contributed by atoms with E-state index in [-0.39, 0.29) is 25.5 Å². The molecule has 0 radical (unpaired) electrons. The molecular formula is C20H23N3O5S. The average molecular weight is 417 g/mol. The highest BCUT2D eigenvalue weighted by atomic mass is 32.2. The molecule has 9 heteroatoms. The van der Waals surface area contributed by atoms with Crippen molar-refractivity contribution in [2.24, 2.45) is 11.8 Å². The van der Waals surface area contributed by atoms with Crippen LogP contribution in [0.5, 0.6) is 0 Å². The number of nitrogens with zero attached hydrogens (tertiary/aromatic N) is 2. The van der Waals surface area contributed by atoms with Gasteiger partial charge in [0.05, 0.1) is 6.54 Å². The molecule has 1 aromatic rings. The summed E-state index contributed by atoms with van der Waals surface area (Å²) < 4.78 is 23.7. The number of hydrogen-bond donors (Lipinski definition) is 2. The molecule has 0 spiro atoms. The monoisotopic (exact) mass is 417 g/mol. The average Bonchev–Trinajstić information content (AvgIpc) is 3.08. The lowest BCUT2D eigenvalue weighted by atomic mass is 10.1. The lowest BCUT2D eigenvalue weighted by molar-refractivity contribution is -0.131. The second-order valence-electron chi connectivity index (χ2n) is 7.83. The summed E-state index contributed by atoms with van der Waals surface area (Å²) in [6.07, 6.45) is 3.53. The first-order valence-electron chi connectivity index (χ1n) is 9.23. The maximum absolute atomic E-state index is 12.6. The zero-order valence-corrected chi connectivity index (χ0v) is 17.3. The van der Waals surface area contributed by atoms with Gasteiger partial charge in [0.25, 0.3) is 5.91 Å². The van der Waals surface area contributed by atoms with E-state index in [1.54, 1.807) is 12.3 Å². The van der Waals surface area contributed by atoms with E-state index >= 15 is 0 Å². The molecule has 0 bridgehead atoms. The Balaban J connectivity index is 1.65. The number of hydrogen-bond acceptors (Lipinski definition) is 5. The molecule has 1 aliphatic carbocycles. The lowest BCUT2D eigenvalue weighted by Crippen LogP contribution is -2.50. The molecule has 0 saturated heterocycles. The van der Waals surface area contributed by atoms with Crippen molar-refractivity contribution >= 4 is 21.8 Å². The number of hydroxylamine groups is 1. The fourth-order valence-electron chi connectivity index (χ4n) is 3.16. The molecule has 2 heterocycles. The fraction of sp³-hybridized carbons (Fsp3) is 0.500. The quantitative estimate of drug-likeness (QED) is 0.422. The number of amides is 2. The number of nitrogens with one attached hydrogen (secondary N) is 1. The second kappa shape index (κ2) is 7.58. The van der Waals surface area contributed by atoms with Gasteiger partial charge in [0.15, 0.2) is 14.6 Å². The third-order valence-corrected chi connectivity index (χ3v) is 7.65. The van der Waals surface area contributed by atoms with Crippen LogP contribution in [0.3, 0.4) is 0 Å². The minimum Gasteiger partial charge on any atom is -0.318 e. The molecule has 1 saturated carbocycles. The van der Waals surface area contributed by atoms with E-state index < -0.39 is 20.5 Å². The molecule has 29 heavy (non-hydrogen) atoms. The third-order valence-electron chi connectivity index (χ3n) is 5.62. The summed E-state index contributed by atoms with van der Waals surface area (Å²) in [5, 5.41) is 8.88. The van der Waals surface area contributed by atoms with Crippen molar-refractivity contribution in [2.45, 2.75) is 38.0 Å². The van der Waals surface area contributed by atoms with Crippen LogP contribution in [0.2, 0.25) is 0 Å². The van der Waals surface area contributed by atoms with Crippen molar-refractivity contribution < 1.29 is 23.2 Å². The van der Waals surface area contributed by atoms with E-state index in [9.17, 15) is 18.0 Å². The first-order chi connectivity index (χ1) is 13.6. The van der Waals surface area contributed by atoms with E-state index in [2.05, 4.69) is 30.6 Å². The Kier molecular flexibility index (Phi) is 5.48. The van der Waals surface area contributed by atoms with Crippen molar-refractivity contribution in [3.63, 3.8) is 0 Å². The first kappa shape index (κ1) is 21.0. The van der Waals surface area contributed by atoms with Crippen LogP contribution in [-0.2, 0) is 21.2 Å². The number of aromatic nitrogens is 1. The topological polar surface area (TPSA) is 109 Å². The predicted octanol–water partition coefficient (Wildman–Crippen LogP) is 0.981. The second-order valence-corrected chi connectivity index (χ2v) is 10.3. The Labute approximate surface area is 170 Å². The fourth-order valence-corrected chi connectivity index (χ4v) is 4.00. The van der Waals surface area contributed by atoms with Gasteiger partial charge in [-0.25, -0.2) is 18.7 Å². The maximum Gasteiger partial charge on any atom is 0.328 e. The van der Waals surface area contributed by atoms with Gasteiger partial charge in [-0.15, -0.1) is 0 Å². The Morgan fingerprint density at radius 1 is 1.41 bits per heavy atom. The Bertz CT molecular complexity index is 1080. The normalized spacial score (nSPS) is 21.9. The van der Waals surface area contributed by atoms with Gasteiger partial charge in [-0.2, -0.15) is 0 Å². The van der Waals surface area contributed by atoms with E-state index in [0.29, 0.717) is 17.4 Å². The number of carbonyl (C=O) groups is 2. The first-order valence-corrected chi connectivity index (χ1v) is 11.1. The van der Waals surface area contributed by atoms with Crippen molar-refractivity contribution in [3.8, 4) is 23.7 Å². The van der Waals surface area contributed by atoms with Crippen molar-refractivity contribution in [1.82, 2.24) is 14.9 Å². The number of carbonyl (C=O) groups excluding carboxylic acids is 2. The van der Waals surface area contributed by atoms with E-state index in [1.807, 2.05) is 0 Å². The Hall–Kier alpha value is -2.75. The minimum absolute atomic E-state index is 0.0452. The standard InChI is InChI=1S/C20H23N3O5S/c1-14-10-16(14)7-5-4-6-15-11-17-13-22(19(25)23(17)12-15)9-8-20(2,18(24)21-26)29(3,27)28/h11-12,14,16,26H,8-10,13H2,1-3H3,(H,21,24)/t14-,16-,20+/m0/s1. The molecule has 1 fully saturated rings. The highest BCUT2D eigenvalue weighted by molar-refractivity contribution is 7.92. The van der Waals surface area contributed by atoms with Gasteiger partial charge < -0.3 is 4.90 Å². The molecule has 0 unspecified atom stereocenters. The van der Waals surface area contributed by atoms with Crippen molar-refractivity contribution in [1.29, 1.82) is 0 Å². The van der Waals surface area contributed by atoms with Gasteiger partial charge in [-0.1, -0.05) is 18.8 Å². The van der Waals surface area contributed by atoms with Gasteiger partial charge >= 0.3 is 6.03 Å². The summed E-state index contributed by atoms with van der Waals surface area (Å²) in [7, 11) is -3.81. The zero-order chi connectivity index (χ0) is 21.4. The molecule has 0 aromatic carbocycles. The summed E-state index contributed by atoms with van der Waals surface area (Å²) in [6, 6.07) is 1.48. The van der Waals surface area contributed by atoms with Crippen LogP contribution in [-0.4, -0.2) is 52.6 Å². The van der Waals surface area contributed by atoms with Gasteiger partial charge in [-0.05, 0) is 43.6 Å². The van der Waals surface area contributed by atoms with Crippen LogP contribution in [0.15, 0.2) is 12.3 Å². The molecule has 2 N–H and O–H groups in total. The maximum atomic E-state index is 12.6. The number of rotatable bonds is 5. The Morgan fingerprint density at radius 3 is 2.66 bits per heavy atom. The van der Waals surface area contributed by atoms with Crippen LogP contribution in [0.1, 0.15) is 37.9 Å². The highest BCUT2D eigenvalue weighted by Crippen LogP contribution is 2.36. The molecule has 2 amide bonds. The zero-order valence-electron chi connectivity index (χ0n) is 16.5. The summed E-state index contributed by atoms with van der Waals surface area (Å²) in [5.41, 5.74) is 2.82. The van der Waals surface area contributed by atoms with Crippen LogP contribution < -0.4 is 5.48 Å². The molecule has 8 nitrogen and oxygen atoms in total. The smallest absolute Gasteiger partial charge is 0.318 e. The number of sulfone groups is 1. The molecule has 3 atom stereocenters. The predicted molar refractivity (Wildman–Crippen MR) is 105 cm³/mol. The highest BCUT2D eigenvalue weighted by Gasteiger charge is 2.44. The molecule has 154 valence electrons. The van der Waals surface area contributed by atoms with Crippen LogP contribution in [0.4, 0.5) is 4.79 Å². The third kappa shape index (κ3) is 4.16. The van der Waals surface area contributed by atoms with Crippen LogP contribution in [0.25, 0.3) is 0 Å². The van der Waals surface area contributed by atoms with Gasteiger partial charge in [0.1, 0.15) is 0 Å².